The summed E-state index contributed by atoms with van der Waals surface area (Å²) in [4.78, 5) is 15.0. The number of ether oxygens (including phenoxy) is 3. The normalized spacial score (nSPS) is 24.8. The highest BCUT2D eigenvalue weighted by molar-refractivity contribution is 7.85. The Kier molecular flexibility index (Phi) is 7.65. The first-order valence-electron chi connectivity index (χ1n) is 11.5. The molecule has 35 heavy (non-hydrogen) atoms. The molecule has 2 heterocycles. The van der Waals surface area contributed by atoms with Crippen molar-refractivity contribution in [2.24, 2.45) is 5.92 Å². The molecule has 0 aliphatic carbocycles. The van der Waals surface area contributed by atoms with E-state index in [4.69, 9.17) is 18.4 Å². The van der Waals surface area contributed by atoms with Gasteiger partial charge in [-0.05, 0) is 30.2 Å². The second-order valence-electron chi connectivity index (χ2n) is 8.95. The van der Waals surface area contributed by atoms with E-state index in [1.807, 2.05) is 18.2 Å². The molecule has 0 aromatic heterocycles. The molecule has 10 heteroatoms. The summed E-state index contributed by atoms with van der Waals surface area (Å²) < 4.78 is 45.2. The average Bonchev–Trinajstić information content (AvgIpc) is 3.36. The van der Waals surface area contributed by atoms with Crippen molar-refractivity contribution in [1.82, 2.24) is 4.90 Å². The predicted molar refractivity (Wildman–Crippen MR) is 128 cm³/mol. The predicted octanol–water partition coefficient (Wildman–Crippen LogP) is 2.19. The molecule has 1 amide bonds. The highest BCUT2D eigenvalue weighted by Crippen LogP contribution is 2.39. The molecular weight excluding hydrogens is 474 g/mol. The van der Waals surface area contributed by atoms with Crippen LogP contribution in [0.5, 0.6) is 11.5 Å². The van der Waals surface area contributed by atoms with E-state index in [1.54, 1.807) is 35.2 Å². The molecule has 2 saturated heterocycles. The van der Waals surface area contributed by atoms with Crippen LogP contribution < -0.4 is 9.47 Å². The number of benzene rings is 2. The molecule has 0 spiro atoms. The van der Waals surface area contributed by atoms with Crippen LogP contribution in [0.4, 0.5) is 0 Å². The number of aliphatic hydroxyl groups is 1. The number of piperidine rings is 1. The molecule has 2 unspecified atom stereocenters. The Labute approximate surface area is 205 Å². The van der Waals surface area contributed by atoms with E-state index in [0.717, 1.165) is 12.7 Å². The maximum atomic E-state index is 13.4. The zero-order valence-electron chi connectivity index (χ0n) is 19.9. The maximum absolute atomic E-state index is 13.4. The van der Waals surface area contributed by atoms with Gasteiger partial charge in [0.1, 0.15) is 6.10 Å². The van der Waals surface area contributed by atoms with Crippen LogP contribution in [0.15, 0.2) is 48.5 Å². The van der Waals surface area contributed by atoms with E-state index in [9.17, 15) is 18.3 Å². The van der Waals surface area contributed by atoms with Gasteiger partial charge in [0.2, 0.25) is 0 Å². The first-order valence-corrected chi connectivity index (χ1v) is 13.4. The second kappa shape index (κ2) is 10.5. The van der Waals surface area contributed by atoms with E-state index >= 15 is 0 Å². The summed E-state index contributed by atoms with van der Waals surface area (Å²) in [5.41, 5.74) is -0.264. The van der Waals surface area contributed by atoms with Crippen LogP contribution in [0.2, 0.25) is 0 Å². The Morgan fingerprint density at radius 2 is 1.97 bits per heavy atom. The lowest BCUT2D eigenvalue weighted by Crippen LogP contribution is -2.53. The molecule has 4 rings (SSSR count). The Morgan fingerprint density at radius 3 is 2.63 bits per heavy atom. The van der Waals surface area contributed by atoms with Crippen molar-refractivity contribution in [3.8, 4) is 11.5 Å². The lowest BCUT2D eigenvalue weighted by molar-refractivity contribution is -0.0835. The quantitative estimate of drug-likeness (QED) is 0.544. The monoisotopic (exact) mass is 505 g/mol. The fourth-order valence-electron chi connectivity index (χ4n) is 4.57. The lowest BCUT2D eigenvalue weighted by atomic mass is 9.76. The Hall–Kier alpha value is -2.66. The van der Waals surface area contributed by atoms with Gasteiger partial charge in [-0.1, -0.05) is 30.3 Å². The molecule has 1 N–H and O–H groups in total. The Bertz CT molecular complexity index is 1130. The average molecular weight is 506 g/mol. The third kappa shape index (κ3) is 5.95. The number of carbonyl (C=O) groups excluding carboxylic acids is 1. The number of hydrogen-bond acceptors (Lipinski definition) is 8. The van der Waals surface area contributed by atoms with Crippen molar-refractivity contribution < 1.29 is 36.7 Å². The van der Waals surface area contributed by atoms with Gasteiger partial charge in [0.05, 0.1) is 38.8 Å². The second-order valence-corrected chi connectivity index (χ2v) is 10.6. The highest BCUT2D eigenvalue weighted by Gasteiger charge is 2.44. The Balaban J connectivity index is 1.54. The Morgan fingerprint density at radius 1 is 1.20 bits per heavy atom. The zero-order valence-corrected chi connectivity index (χ0v) is 20.7. The largest absolute Gasteiger partial charge is 0.493 e. The molecule has 3 atom stereocenters. The van der Waals surface area contributed by atoms with Gasteiger partial charge in [-0.3, -0.25) is 8.98 Å². The SMILES string of the molecule is COc1cc(C(=O)N2CCC(O)(c3ccccc3)C(COS(C)(=O)=O)C2)ccc1O[C@@H]1CCOC1. The number of hydrogen-bond donors (Lipinski definition) is 1. The van der Waals surface area contributed by atoms with E-state index in [2.05, 4.69) is 0 Å². The van der Waals surface area contributed by atoms with E-state index < -0.39 is 21.6 Å². The fraction of sp³-hybridized carbons (Fsp3) is 0.480. The van der Waals surface area contributed by atoms with Crippen LogP contribution in [0, 0.1) is 5.92 Å². The summed E-state index contributed by atoms with van der Waals surface area (Å²) in [6.45, 7) is 1.34. The van der Waals surface area contributed by atoms with Crippen LogP contribution in [0.3, 0.4) is 0 Å². The molecular formula is C25H31NO8S. The van der Waals surface area contributed by atoms with Gasteiger partial charge in [0, 0.05) is 31.0 Å². The molecule has 190 valence electrons. The van der Waals surface area contributed by atoms with E-state index in [0.29, 0.717) is 42.4 Å². The smallest absolute Gasteiger partial charge is 0.264 e. The molecule has 0 radical (unpaired) electrons. The van der Waals surface area contributed by atoms with Crippen LogP contribution in [0.25, 0.3) is 0 Å². The summed E-state index contributed by atoms with van der Waals surface area (Å²) >= 11 is 0. The van der Waals surface area contributed by atoms with Crippen LogP contribution >= 0.6 is 0 Å². The van der Waals surface area contributed by atoms with Crippen LogP contribution in [-0.2, 0) is 24.6 Å². The molecule has 2 fully saturated rings. The van der Waals surface area contributed by atoms with Crippen molar-refractivity contribution >= 4 is 16.0 Å². The van der Waals surface area contributed by atoms with Gasteiger partial charge < -0.3 is 24.2 Å². The molecule has 2 aromatic carbocycles. The van der Waals surface area contributed by atoms with Crippen molar-refractivity contribution in [2.75, 3.05) is 46.3 Å². The van der Waals surface area contributed by atoms with E-state index in [1.165, 1.54) is 7.11 Å². The van der Waals surface area contributed by atoms with Crippen LogP contribution in [-0.4, -0.2) is 76.7 Å². The molecule has 2 aliphatic heterocycles. The minimum atomic E-state index is -3.72. The summed E-state index contributed by atoms with van der Waals surface area (Å²) in [6.07, 6.45) is 1.94. The fourth-order valence-corrected chi connectivity index (χ4v) is 4.98. The van der Waals surface area contributed by atoms with Gasteiger partial charge in [-0.15, -0.1) is 0 Å². The van der Waals surface area contributed by atoms with Crippen molar-refractivity contribution in [3.05, 3.63) is 59.7 Å². The van der Waals surface area contributed by atoms with Gasteiger partial charge in [0.25, 0.3) is 16.0 Å². The number of amides is 1. The van der Waals surface area contributed by atoms with Gasteiger partial charge in [-0.25, -0.2) is 0 Å². The number of methoxy groups -OCH3 is 1. The molecule has 0 bridgehead atoms. The standard InChI is InChI=1S/C25H31NO8S/c1-31-23-14-18(8-9-22(23)34-21-10-13-32-17-21)24(27)26-12-11-25(28,19-6-4-3-5-7-19)20(15-26)16-33-35(2,29)30/h3-9,14,20-21,28H,10-13,15-17H2,1-2H3/t20?,21-,25?/m1/s1. The van der Waals surface area contributed by atoms with Gasteiger partial charge >= 0.3 is 0 Å². The molecule has 2 aromatic rings. The summed E-state index contributed by atoms with van der Waals surface area (Å²) in [5.74, 6) is 0.0799. The first kappa shape index (κ1) is 25.4. The van der Waals surface area contributed by atoms with Crippen molar-refractivity contribution in [2.45, 2.75) is 24.5 Å². The summed E-state index contributed by atoms with van der Waals surface area (Å²) in [6, 6.07) is 14.1. The van der Waals surface area contributed by atoms with Gasteiger partial charge in [-0.2, -0.15) is 8.42 Å². The minimum Gasteiger partial charge on any atom is -0.493 e. The number of likely N-dealkylation sites (tertiary alicyclic amines) is 1. The topological polar surface area (TPSA) is 112 Å². The third-order valence-electron chi connectivity index (χ3n) is 6.52. The highest BCUT2D eigenvalue weighted by atomic mass is 32.2. The first-order chi connectivity index (χ1) is 16.7. The minimum absolute atomic E-state index is 0.0567. The van der Waals surface area contributed by atoms with E-state index in [-0.39, 0.29) is 31.6 Å². The maximum Gasteiger partial charge on any atom is 0.264 e. The van der Waals surface area contributed by atoms with Gasteiger partial charge in [0.15, 0.2) is 11.5 Å². The lowest BCUT2D eigenvalue weighted by Gasteiger charge is -2.44. The molecule has 9 nitrogen and oxygen atoms in total. The third-order valence-corrected chi connectivity index (χ3v) is 7.08. The summed E-state index contributed by atoms with van der Waals surface area (Å²) in [7, 11) is -2.21. The molecule has 2 aliphatic rings. The molecule has 0 saturated carbocycles. The number of carbonyl (C=O) groups is 1. The number of rotatable bonds is 8. The summed E-state index contributed by atoms with van der Waals surface area (Å²) in [5, 5.41) is 11.6. The zero-order chi connectivity index (χ0) is 25.1. The number of nitrogens with zero attached hydrogens (tertiary/aromatic N) is 1. The van der Waals surface area contributed by atoms with Crippen molar-refractivity contribution in [1.29, 1.82) is 0 Å². The van der Waals surface area contributed by atoms with Crippen LogP contribution in [0.1, 0.15) is 28.8 Å². The van der Waals surface area contributed by atoms with Crippen molar-refractivity contribution in [3.63, 3.8) is 0 Å².